The monoisotopic (exact) mass is 315 g/mol. The first-order valence-electron chi connectivity index (χ1n) is 5.78. The van der Waals surface area contributed by atoms with Crippen molar-refractivity contribution < 1.29 is 0 Å². The van der Waals surface area contributed by atoms with Crippen LogP contribution in [0, 0.1) is 6.92 Å². The molecular formula is C12H15BrClN3. The van der Waals surface area contributed by atoms with Gasteiger partial charge in [0.2, 0.25) is 0 Å². The summed E-state index contributed by atoms with van der Waals surface area (Å²) in [5.41, 5.74) is 2.94. The van der Waals surface area contributed by atoms with Crippen molar-refractivity contribution in [2.75, 3.05) is 0 Å². The second-order valence-electron chi connectivity index (χ2n) is 4.17. The fourth-order valence-corrected chi connectivity index (χ4v) is 2.51. The van der Waals surface area contributed by atoms with E-state index < -0.39 is 0 Å². The molecule has 2 aromatic heterocycles. The molecule has 17 heavy (non-hydrogen) atoms. The molecule has 0 aliphatic heterocycles. The number of hydrogen-bond donors (Lipinski definition) is 0. The van der Waals surface area contributed by atoms with Gasteiger partial charge in [0.1, 0.15) is 10.1 Å². The zero-order valence-corrected chi connectivity index (χ0v) is 12.5. The summed E-state index contributed by atoms with van der Waals surface area (Å²) in [5, 5.41) is 0.419. The fourth-order valence-electron chi connectivity index (χ4n) is 2.12. The summed E-state index contributed by atoms with van der Waals surface area (Å²) in [5.74, 6) is 0. The zero-order valence-electron chi connectivity index (χ0n) is 10.2. The summed E-state index contributed by atoms with van der Waals surface area (Å²) < 4.78 is 2.80. The maximum atomic E-state index is 6.03. The summed E-state index contributed by atoms with van der Waals surface area (Å²) >= 11 is 9.34. The summed E-state index contributed by atoms with van der Waals surface area (Å²) in [7, 11) is 0. The number of fused-ring (bicyclic) bond motifs is 1. The van der Waals surface area contributed by atoms with Gasteiger partial charge in [-0.3, -0.25) is 0 Å². The number of rotatable bonds is 3. The van der Waals surface area contributed by atoms with E-state index in [4.69, 9.17) is 11.6 Å². The molecule has 0 fully saturated rings. The largest absolute Gasteiger partial charge is 0.328 e. The maximum Gasteiger partial charge on any atom is 0.164 e. The highest BCUT2D eigenvalue weighted by Crippen LogP contribution is 2.28. The van der Waals surface area contributed by atoms with Crippen molar-refractivity contribution in [1.82, 2.24) is 14.5 Å². The van der Waals surface area contributed by atoms with Gasteiger partial charge in [0.05, 0.1) is 0 Å². The molecule has 0 saturated carbocycles. The highest BCUT2D eigenvalue weighted by molar-refractivity contribution is 9.10. The molecular weight excluding hydrogens is 302 g/mol. The smallest absolute Gasteiger partial charge is 0.164 e. The van der Waals surface area contributed by atoms with E-state index in [1.165, 1.54) is 0 Å². The fraction of sp³-hybridized carbons (Fsp3) is 0.500. The lowest BCUT2D eigenvalue weighted by Gasteiger charge is -2.15. The van der Waals surface area contributed by atoms with Gasteiger partial charge in [-0.25, -0.2) is 9.97 Å². The Bertz CT molecular complexity index is 546. The van der Waals surface area contributed by atoms with E-state index in [0.29, 0.717) is 15.8 Å². The predicted octanol–water partition coefficient (Wildman–Crippen LogP) is 4.52. The lowest BCUT2D eigenvalue weighted by atomic mass is 10.2. The molecule has 0 aromatic carbocycles. The molecule has 3 nitrogen and oxygen atoms in total. The molecule has 0 aliphatic rings. The summed E-state index contributed by atoms with van der Waals surface area (Å²) in [6.07, 6.45) is 4.27. The molecule has 2 heterocycles. The van der Waals surface area contributed by atoms with Gasteiger partial charge in [0.15, 0.2) is 10.8 Å². The second kappa shape index (κ2) is 4.94. The van der Waals surface area contributed by atoms with E-state index in [-0.39, 0.29) is 0 Å². The molecule has 0 spiro atoms. The lowest BCUT2D eigenvalue weighted by molar-refractivity contribution is 0.482. The van der Waals surface area contributed by atoms with Crippen molar-refractivity contribution in [2.24, 2.45) is 0 Å². The number of hydrogen-bond acceptors (Lipinski definition) is 2. The van der Waals surface area contributed by atoms with Gasteiger partial charge in [0, 0.05) is 12.2 Å². The molecule has 2 aromatic rings. The summed E-state index contributed by atoms with van der Waals surface area (Å²) in [4.78, 5) is 8.88. The van der Waals surface area contributed by atoms with Crippen LogP contribution in [-0.2, 0) is 0 Å². The third kappa shape index (κ3) is 2.20. The van der Waals surface area contributed by atoms with Crippen LogP contribution in [0.1, 0.15) is 38.3 Å². The van der Waals surface area contributed by atoms with Crippen LogP contribution in [0.5, 0.6) is 0 Å². The molecule has 0 aliphatic carbocycles. The predicted molar refractivity (Wildman–Crippen MR) is 74.6 cm³/mol. The minimum atomic E-state index is 0.419. The quantitative estimate of drug-likeness (QED) is 0.833. The minimum absolute atomic E-state index is 0.419. The van der Waals surface area contributed by atoms with Gasteiger partial charge in [-0.05, 0) is 41.3 Å². The third-order valence-electron chi connectivity index (χ3n) is 3.08. The summed E-state index contributed by atoms with van der Waals surface area (Å²) in [6.45, 7) is 6.42. The van der Waals surface area contributed by atoms with E-state index in [0.717, 1.165) is 29.6 Å². The SMILES string of the molecule is CCC(CC)n1cc(C)c2nc(Br)c(Cl)nc21. The van der Waals surface area contributed by atoms with Crippen LogP contribution >= 0.6 is 27.5 Å². The highest BCUT2D eigenvalue weighted by atomic mass is 79.9. The summed E-state index contributed by atoms with van der Waals surface area (Å²) in [6, 6.07) is 0.456. The number of aryl methyl sites for hydroxylation is 1. The molecule has 0 unspecified atom stereocenters. The Balaban J connectivity index is 2.69. The average molecular weight is 317 g/mol. The molecule has 0 saturated heterocycles. The first kappa shape index (κ1) is 12.8. The normalized spacial score (nSPS) is 11.6. The number of aromatic nitrogens is 3. The molecule has 2 rings (SSSR count). The number of halogens is 2. The van der Waals surface area contributed by atoms with Crippen LogP contribution in [0.25, 0.3) is 11.2 Å². The van der Waals surface area contributed by atoms with Crippen molar-refractivity contribution in [3.05, 3.63) is 21.5 Å². The zero-order chi connectivity index (χ0) is 12.6. The molecule has 0 atom stereocenters. The Hall–Kier alpha value is -0.610. The van der Waals surface area contributed by atoms with Crippen molar-refractivity contribution in [2.45, 2.75) is 39.7 Å². The Labute approximate surface area is 114 Å². The van der Waals surface area contributed by atoms with Crippen molar-refractivity contribution in [1.29, 1.82) is 0 Å². The van der Waals surface area contributed by atoms with Gasteiger partial charge in [-0.2, -0.15) is 0 Å². The van der Waals surface area contributed by atoms with E-state index in [1.54, 1.807) is 0 Å². The van der Waals surface area contributed by atoms with Gasteiger partial charge in [-0.15, -0.1) is 0 Å². The standard InChI is InChI=1S/C12H15BrClN3/c1-4-8(5-2)17-6-7(3)9-12(17)16-11(14)10(13)15-9/h6,8H,4-5H2,1-3H3. The van der Waals surface area contributed by atoms with Gasteiger partial charge in [0.25, 0.3) is 0 Å². The van der Waals surface area contributed by atoms with Gasteiger partial charge >= 0.3 is 0 Å². The molecule has 5 heteroatoms. The van der Waals surface area contributed by atoms with Crippen LogP contribution in [0.15, 0.2) is 10.8 Å². The second-order valence-corrected chi connectivity index (χ2v) is 5.28. The van der Waals surface area contributed by atoms with Gasteiger partial charge in [-0.1, -0.05) is 25.4 Å². The molecule has 0 N–H and O–H groups in total. The lowest BCUT2D eigenvalue weighted by Crippen LogP contribution is -2.06. The van der Waals surface area contributed by atoms with Crippen LogP contribution in [0.2, 0.25) is 5.15 Å². The van der Waals surface area contributed by atoms with E-state index in [9.17, 15) is 0 Å². The highest BCUT2D eigenvalue weighted by Gasteiger charge is 2.16. The molecule has 0 bridgehead atoms. The van der Waals surface area contributed by atoms with Crippen molar-refractivity contribution in [3.8, 4) is 0 Å². The minimum Gasteiger partial charge on any atom is -0.328 e. The van der Waals surface area contributed by atoms with Crippen molar-refractivity contribution >= 4 is 38.7 Å². The van der Waals surface area contributed by atoms with E-state index >= 15 is 0 Å². The van der Waals surface area contributed by atoms with Crippen LogP contribution in [0.3, 0.4) is 0 Å². The Morgan fingerprint density at radius 3 is 2.59 bits per heavy atom. The molecule has 92 valence electrons. The van der Waals surface area contributed by atoms with Crippen LogP contribution in [-0.4, -0.2) is 14.5 Å². The molecule has 0 radical (unpaired) electrons. The van der Waals surface area contributed by atoms with E-state index in [1.807, 2.05) is 0 Å². The van der Waals surface area contributed by atoms with E-state index in [2.05, 4.69) is 57.4 Å². The van der Waals surface area contributed by atoms with Crippen molar-refractivity contribution in [3.63, 3.8) is 0 Å². The van der Waals surface area contributed by atoms with Crippen LogP contribution < -0.4 is 0 Å². The average Bonchev–Trinajstić information content (AvgIpc) is 2.60. The van der Waals surface area contributed by atoms with Gasteiger partial charge < -0.3 is 4.57 Å². The maximum absolute atomic E-state index is 6.03. The Morgan fingerprint density at radius 2 is 2.00 bits per heavy atom. The Morgan fingerprint density at radius 1 is 1.35 bits per heavy atom. The Kier molecular flexibility index (Phi) is 3.73. The topological polar surface area (TPSA) is 30.7 Å². The van der Waals surface area contributed by atoms with Crippen LogP contribution in [0.4, 0.5) is 0 Å². The third-order valence-corrected chi connectivity index (χ3v) is 4.13. The first-order valence-corrected chi connectivity index (χ1v) is 6.95. The first-order chi connectivity index (χ1) is 8.08. The molecule has 0 amide bonds. The number of nitrogens with zero attached hydrogens (tertiary/aromatic N) is 3.